The molecule has 0 aliphatic heterocycles. The number of hydrogen-bond donors (Lipinski definition) is 1. The van der Waals surface area contributed by atoms with E-state index in [-0.39, 0.29) is 17.7 Å². The minimum absolute atomic E-state index is 0.0773. The average Bonchev–Trinajstić information content (AvgIpc) is 2.71. The van der Waals surface area contributed by atoms with Crippen molar-refractivity contribution in [1.29, 1.82) is 0 Å². The van der Waals surface area contributed by atoms with E-state index in [0.717, 1.165) is 17.1 Å². The van der Waals surface area contributed by atoms with Gasteiger partial charge < -0.3 is 9.73 Å². The number of nitrogens with one attached hydrogen (secondary N) is 1. The first kappa shape index (κ1) is 13.5. The van der Waals surface area contributed by atoms with Gasteiger partial charge >= 0.3 is 0 Å². The van der Waals surface area contributed by atoms with Crippen LogP contribution in [-0.2, 0) is 6.42 Å². The molecule has 2 rings (SSSR count). The van der Waals surface area contributed by atoms with Crippen molar-refractivity contribution in [3.8, 4) is 0 Å². The molecule has 0 fully saturated rings. The minimum Gasteiger partial charge on any atom is -0.466 e. The van der Waals surface area contributed by atoms with E-state index in [1.807, 2.05) is 33.8 Å². The van der Waals surface area contributed by atoms with Crippen molar-refractivity contribution in [2.45, 2.75) is 40.2 Å². The molecule has 0 amide bonds. The topological polar surface area (TPSA) is 51.0 Å². The second kappa shape index (κ2) is 5.38. The SMILES string of the molecule is CCc1ncnc(NC(C)c2cc(C)oc2C)c1F. The molecule has 0 saturated heterocycles. The molecule has 0 aliphatic rings. The van der Waals surface area contributed by atoms with E-state index in [9.17, 15) is 4.39 Å². The summed E-state index contributed by atoms with van der Waals surface area (Å²) in [7, 11) is 0. The summed E-state index contributed by atoms with van der Waals surface area (Å²) >= 11 is 0. The van der Waals surface area contributed by atoms with Gasteiger partial charge in [0, 0.05) is 5.56 Å². The maximum absolute atomic E-state index is 14.0. The Morgan fingerprint density at radius 3 is 2.68 bits per heavy atom. The van der Waals surface area contributed by atoms with Gasteiger partial charge in [-0.25, -0.2) is 14.4 Å². The van der Waals surface area contributed by atoms with E-state index in [1.54, 1.807) is 0 Å². The Morgan fingerprint density at radius 2 is 2.11 bits per heavy atom. The van der Waals surface area contributed by atoms with Crippen LogP contribution in [0, 0.1) is 19.7 Å². The van der Waals surface area contributed by atoms with Crippen molar-refractivity contribution in [1.82, 2.24) is 9.97 Å². The summed E-state index contributed by atoms with van der Waals surface area (Å²) in [5, 5.41) is 3.07. The maximum atomic E-state index is 14.0. The van der Waals surface area contributed by atoms with Gasteiger partial charge in [-0.1, -0.05) is 6.92 Å². The highest BCUT2D eigenvalue weighted by Crippen LogP contribution is 2.25. The third-order valence-corrected chi connectivity index (χ3v) is 3.10. The van der Waals surface area contributed by atoms with Gasteiger partial charge in [-0.2, -0.15) is 0 Å². The smallest absolute Gasteiger partial charge is 0.186 e. The first-order chi connectivity index (χ1) is 9.02. The Labute approximate surface area is 112 Å². The summed E-state index contributed by atoms with van der Waals surface area (Å²) in [6, 6.07) is 1.87. The number of hydrogen-bond acceptors (Lipinski definition) is 4. The summed E-state index contributed by atoms with van der Waals surface area (Å²) in [5.41, 5.74) is 1.43. The Morgan fingerprint density at radius 1 is 1.37 bits per heavy atom. The molecular formula is C14H18FN3O. The number of halogens is 1. The molecule has 0 saturated carbocycles. The van der Waals surface area contributed by atoms with Crippen LogP contribution < -0.4 is 5.32 Å². The van der Waals surface area contributed by atoms with Crippen molar-refractivity contribution in [2.24, 2.45) is 0 Å². The van der Waals surface area contributed by atoms with Crippen LogP contribution in [0.1, 0.15) is 42.7 Å². The lowest BCUT2D eigenvalue weighted by Crippen LogP contribution is -2.11. The van der Waals surface area contributed by atoms with Crippen LogP contribution in [0.4, 0.5) is 10.2 Å². The maximum Gasteiger partial charge on any atom is 0.186 e. The zero-order valence-corrected chi connectivity index (χ0v) is 11.6. The monoisotopic (exact) mass is 263 g/mol. The van der Waals surface area contributed by atoms with Crippen LogP contribution >= 0.6 is 0 Å². The fourth-order valence-electron chi connectivity index (χ4n) is 2.12. The van der Waals surface area contributed by atoms with Crippen molar-refractivity contribution in [2.75, 3.05) is 5.32 Å². The van der Waals surface area contributed by atoms with Gasteiger partial charge in [0.2, 0.25) is 0 Å². The highest BCUT2D eigenvalue weighted by atomic mass is 19.1. The van der Waals surface area contributed by atoms with Crippen molar-refractivity contribution in [3.63, 3.8) is 0 Å². The number of furan rings is 1. The van der Waals surface area contributed by atoms with Gasteiger partial charge in [0.05, 0.1) is 11.7 Å². The number of nitrogens with zero attached hydrogens (tertiary/aromatic N) is 2. The number of aromatic nitrogens is 2. The molecule has 0 spiro atoms. The largest absolute Gasteiger partial charge is 0.466 e. The van der Waals surface area contributed by atoms with E-state index in [1.165, 1.54) is 6.33 Å². The fourth-order valence-corrected chi connectivity index (χ4v) is 2.12. The molecule has 2 aromatic rings. The number of aryl methyl sites for hydroxylation is 3. The Hall–Kier alpha value is -1.91. The summed E-state index contributed by atoms with van der Waals surface area (Å²) in [5.74, 6) is 1.54. The summed E-state index contributed by atoms with van der Waals surface area (Å²) in [6.45, 7) is 7.60. The Kier molecular flexibility index (Phi) is 3.83. The molecule has 1 unspecified atom stereocenters. The van der Waals surface area contributed by atoms with E-state index >= 15 is 0 Å². The molecule has 1 N–H and O–H groups in total. The summed E-state index contributed by atoms with van der Waals surface area (Å²) in [4.78, 5) is 7.88. The average molecular weight is 263 g/mol. The molecule has 0 aromatic carbocycles. The van der Waals surface area contributed by atoms with E-state index < -0.39 is 0 Å². The van der Waals surface area contributed by atoms with Gasteiger partial charge in [-0.3, -0.25) is 0 Å². The van der Waals surface area contributed by atoms with E-state index in [4.69, 9.17) is 4.42 Å². The molecule has 0 radical (unpaired) electrons. The number of rotatable bonds is 4. The van der Waals surface area contributed by atoms with E-state index in [0.29, 0.717) is 12.1 Å². The highest BCUT2D eigenvalue weighted by molar-refractivity contribution is 5.41. The molecule has 19 heavy (non-hydrogen) atoms. The molecule has 2 aromatic heterocycles. The minimum atomic E-state index is -0.380. The second-order valence-electron chi connectivity index (χ2n) is 4.57. The lowest BCUT2D eigenvalue weighted by molar-refractivity contribution is 0.499. The van der Waals surface area contributed by atoms with Crippen LogP contribution in [0.25, 0.3) is 0 Å². The first-order valence-corrected chi connectivity index (χ1v) is 6.35. The van der Waals surface area contributed by atoms with Gasteiger partial charge in [0.1, 0.15) is 17.8 Å². The van der Waals surface area contributed by atoms with Crippen molar-refractivity contribution in [3.05, 3.63) is 41.0 Å². The fraction of sp³-hybridized carbons (Fsp3) is 0.429. The van der Waals surface area contributed by atoms with Crippen LogP contribution in [0.2, 0.25) is 0 Å². The molecule has 0 bridgehead atoms. The van der Waals surface area contributed by atoms with Gasteiger partial charge in [-0.05, 0) is 33.3 Å². The van der Waals surface area contributed by atoms with Crippen LogP contribution in [-0.4, -0.2) is 9.97 Å². The molecule has 1 atom stereocenters. The zero-order valence-electron chi connectivity index (χ0n) is 11.6. The molecular weight excluding hydrogens is 245 g/mol. The molecule has 4 nitrogen and oxygen atoms in total. The highest BCUT2D eigenvalue weighted by Gasteiger charge is 2.16. The molecule has 0 aliphatic carbocycles. The predicted octanol–water partition coefficient (Wildman–Crippen LogP) is 3.56. The lowest BCUT2D eigenvalue weighted by atomic mass is 10.1. The second-order valence-corrected chi connectivity index (χ2v) is 4.57. The quantitative estimate of drug-likeness (QED) is 0.916. The summed E-state index contributed by atoms with van der Waals surface area (Å²) in [6.07, 6.45) is 1.92. The lowest BCUT2D eigenvalue weighted by Gasteiger charge is -2.15. The molecule has 5 heteroatoms. The van der Waals surface area contributed by atoms with Crippen molar-refractivity contribution >= 4 is 5.82 Å². The normalized spacial score (nSPS) is 12.5. The number of anilines is 1. The van der Waals surface area contributed by atoms with Crippen LogP contribution in [0.3, 0.4) is 0 Å². The van der Waals surface area contributed by atoms with Gasteiger partial charge in [-0.15, -0.1) is 0 Å². The summed E-state index contributed by atoms with van der Waals surface area (Å²) < 4.78 is 19.5. The third-order valence-electron chi connectivity index (χ3n) is 3.10. The molecule has 2 heterocycles. The van der Waals surface area contributed by atoms with Gasteiger partial charge in [0.25, 0.3) is 0 Å². The van der Waals surface area contributed by atoms with Crippen LogP contribution in [0.5, 0.6) is 0 Å². The third kappa shape index (κ3) is 2.75. The zero-order chi connectivity index (χ0) is 14.0. The Bertz CT molecular complexity index is 580. The Balaban J connectivity index is 2.24. The van der Waals surface area contributed by atoms with E-state index in [2.05, 4.69) is 15.3 Å². The predicted molar refractivity (Wildman–Crippen MR) is 71.6 cm³/mol. The standard InChI is InChI=1S/C14H18FN3O/c1-5-12-13(15)14(17-7-16-12)18-9(3)11-6-8(2)19-10(11)4/h6-7,9H,5H2,1-4H3,(H,16,17,18). The first-order valence-electron chi connectivity index (χ1n) is 6.35. The molecule has 102 valence electrons. The van der Waals surface area contributed by atoms with Crippen LogP contribution in [0.15, 0.2) is 16.8 Å². The van der Waals surface area contributed by atoms with Crippen molar-refractivity contribution < 1.29 is 8.81 Å². The van der Waals surface area contributed by atoms with Gasteiger partial charge in [0.15, 0.2) is 11.6 Å².